The predicted octanol–water partition coefficient (Wildman–Crippen LogP) is 3.10. The molecule has 0 atom stereocenters. The Morgan fingerprint density at radius 2 is 2.12 bits per heavy atom. The zero-order valence-corrected chi connectivity index (χ0v) is 11.9. The van der Waals surface area contributed by atoms with Crippen molar-refractivity contribution < 1.29 is 0 Å². The third-order valence-electron chi connectivity index (χ3n) is 2.59. The molecule has 1 heterocycles. The lowest BCUT2D eigenvalue weighted by Crippen LogP contribution is -2.27. The molecule has 1 aromatic rings. The number of aromatic nitrogens is 2. The summed E-state index contributed by atoms with van der Waals surface area (Å²) in [5.41, 5.74) is 0.563. The maximum Gasteiger partial charge on any atom is 0.258 e. The fourth-order valence-electron chi connectivity index (χ4n) is 1.63. The smallest absolute Gasteiger partial charge is 0.258 e. The largest absolute Gasteiger partial charge is 0.305 e. The number of nitrogens with zero attached hydrogens (tertiary/aromatic N) is 2. The van der Waals surface area contributed by atoms with Gasteiger partial charge in [0.1, 0.15) is 5.15 Å². The average molecular weight is 273 g/mol. The molecule has 0 aliphatic carbocycles. The summed E-state index contributed by atoms with van der Waals surface area (Å²) in [4.78, 5) is 12.0. The van der Waals surface area contributed by atoms with Gasteiger partial charge in [-0.05, 0) is 25.6 Å². The highest BCUT2D eigenvalue weighted by molar-refractivity contribution is 7.71. The van der Waals surface area contributed by atoms with E-state index in [1.165, 1.54) is 4.57 Å². The molecular weight excluding hydrogens is 256 g/mol. The maximum atomic E-state index is 12.0. The van der Waals surface area contributed by atoms with E-state index >= 15 is 0 Å². The molecule has 0 radical (unpaired) electrons. The Balaban J connectivity index is 3.50. The van der Waals surface area contributed by atoms with Crippen molar-refractivity contribution in [1.29, 1.82) is 0 Å². The molecule has 94 valence electrons. The molecule has 0 amide bonds. The number of hydrogen-bond donors (Lipinski definition) is 0. The summed E-state index contributed by atoms with van der Waals surface area (Å²) in [6.07, 6.45) is 5.46. The first kappa shape index (κ1) is 14.2. The van der Waals surface area contributed by atoms with Crippen molar-refractivity contribution in [3.05, 3.63) is 38.0 Å². The molecule has 0 spiro atoms. The summed E-state index contributed by atoms with van der Waals surface area (Å²) in [7, 11) is 1.69. The van der Waals surface area contributed by atoms with Crippen molar-refractivity contribution in [3.63, 3.8) is 0 Å². The van der Waals surface area contributed by atoms with Crippen LogP contribution in [0.4, 0.5) is 0 Å². The van der Waals surface area contributed by atoms with Crippen LogP contribution in [-0.2, 0) is 20.0 Å². The second kappa shape index (κ2) is 6.17. The fourth-order valence-corrected chi connectivity index (χ4v) is 2.26. The molecule has 0 unspecified atom stereocenters. The fraction of sp³-hybridized carbons (Fsp3) is 0.500. The summed E-state index contributed by atoms with van der Waals surface area (Å²) in [6.45, 7) is 4.55. The first-order valence-electron chi connectivity index (χ1n) is 5.63. The molecule has 0 aromatic carbocycles. The molecule has 1 aromatic heterocycles. The molecule has 0 N–H and O–H groups in total. The predicted molar refractivity (Wildman–Crippen MR) is 74.3 cm³/mol. The van der Waals surface area contributed by atoms with Gasteiger partial charge in [-0.2, -0.15) is 0 Å². The molecule has 0 aliphatic rings. The van der Waals surface area contributed by atoms with Gasteiger partial charge in [-0.3, -0.25) is 9.36 Å². The van der Waals surface area contributed by atoms with E-state index in [0.29, 0.717) is 28.5 Å². The van der Waals surface area contributed by atoms with Crippen molar-refractivity contribution in [3.8, 4) is 0 Å². The summed E-state index contributed by atoms with van der Waals surface area (Å²) in [5.74, 6) is 0. The van der Waals surface area contributed by atoms with E-state index < -0.39 is 0 Å². The van der Waals surface area contributed by atoms with E-state index in [1.807, 2.05) is 26.0 Å². The summed E-state index contributed by atoms with van der Waals surface area (Å²) < 4.78 is 3.72. The summed E-state index contributed by atoms with van der Waals surface area (Å²) in [5, 5.41) is 0.470. The van der Waals surface area contributed by atoms with E-state index in [1.54, 1.807) is 11.6 Å². The van der Waals surface area contributed by atoms with Crippen LogP contribution in [0.1, 0.15) is 25.8 Å². The Bertz CT molecular complexity index is 543. The van der Waals surface area contributed by atoms with E-state index in [2.05, 4.69) is 0 Å². The van der Waals surface area contributed by atoms with Gasteiger partial charge < -0.3 is 4.57 Å². The van der Waals surface area contributed by atoms with Crippen molar-refractivity contribution in [1.82, 2.24) is 9.13 Å². The second-order valence-corrected chi connectivity index (χ2v) is 4.57. The van der Waals surface area contributed by atoms with E-state index in [4.69, 9.17) is 23.8 Å². The van der Waals surface area contributed by atoms with Crippen LogP contribution >= 0.6 is 23.8 Å². The molecule has 1 rings (SSSR count). The van der Waals surface area contributed by atoms with Crippen molar-refractivity contribution in [2.24, 2.45) is 7.05 Å². The number of rotatable bonds is 4. The van der Waals surface area contributed by atoms with E-state index in [-0.39, 0.29) is 5.56 Å². The second-order valence-electron chi connectivity index (χ2n) is 3.85. The standard InChI is InChI=1S/C12H17ClN2OS/c1-4-6-8-15-10(13)9(7-5-2)11(16)14(3)12(15)17/h4,6H,5,7-8H2,1-3H3/b6-4+. The molecule has 17 heavy (non-hydrogen) atoms. The first-order chi connectivity index (χ1) is 8.04. The SMILES string of the molecule is C/C=C/Cn1c(Cl)c(CCC)c(=O)n(C)c1=S. The van der Waals surface area contributed by atoms with Crippen molar-refractivity contribution in [2.45, 2.75) is 33.2 Å². The number of hydrogen-bond acceptors (Lipinski definition) is 2. The molecule has 5 heteroatoms. The first-order valence-corrected chi connectivity index (χ1v) is 6.42. The number of allylic oxidation sites excluding steroid dienone is 2. The Labute approximate surface area is 111 Å². The molecule has 0 saturated heterocycles. The van der Waals surface area contributed by atoms with Gasteiger partial charge in [0, 0.05) is 13.6 Å². The minimum atomic E-state index is -0.0846. The minimum Gasteiger partial charge on any atom is -0.305 e. The molecule has 0 fully saturated rings. The van der Waals surface area contributed by atoms with Gasteiger partial charge in [0.15, 0.2) is 4.77 Å². The van der Waals surface area contributed by atoms with Crippen LogP contribution in [0.15, 0.2) is 16.9 Å². The Kier molecular flexibility index (Phi) is 5.15. The topological polar surface area (TPSA) is 26.9 Å². The normalized spacial score (nSPS) is 11.3. The zero-order chi connectivity index (χ0) is 13.0. The Morgan fingerprint density at radius 1 is 1.47 bits per heavy atom. The molecule has 0 aliphatic heterocycles. The van der Waals surface area contributed by atoms with E-state index in [0.717, 1.165) is 6.42 Å². The maximum absolute atomic E-state index is 12.0. The number of halogens is 1. The molecule has 0 saturated carbocycles. The highest BCUT2D eigenvalue weighted by Gasteiger charge is 2.12. The highest BCUT2D eigenvalue weighted by Crippen LogP contribution is 2.15. The van der Waals surface area contributed by atoms with Crippen LogP contribution in [0, 0.1) is 4.77 Å². The van der Waals surface area contributed by atoms with E-state index in [9.17, 15) is 4.79 Å². The van der Waals surface area contributed by atoms with Crippen molar-refractivity contribution in [2.75, 3.05) is 0 Å². The molecular formula is C12H17ClN2OS. The third kappa shape index (κ3) is 2.87. The molecule has 3 nitrogen and oxygen atoms in total. The quantitative estimate of drug-likeness (QED) is 0.478. The lowest BCUT2D eigenvalue weighted by atomic mass is 10.2. The van der Waals surface area contributed by atoms with Gasteiger partial charge in [-0.15, -0.1) is 0 Å². The minimum absolute atomic E-state index is 0.0846. The van der Waals surface area contributed by atoms with Gasteiger partial charge in [0.25, 0.3) is 5.56 Å². The Morgan fingerprint density at radius 3 is 2.65 bits per heavy atom. The van der Waals surface area contributed by atoms with Gasteiger partial charge in [-0.1, -0.05) is 37.1 Å². The van der Waals surface area contributed by atoms with Crippen molar-refractivity contribution >= 4 is 23.8 Å². The van der Waals surface area contributed by atoms with Crippen LogP contribution < -0.4 is 5.56 Å². The van der Waals surface area contributed by atoms with Crippen LogP contribution in [-0.4, -0.2) is 9.13 Å². The van der Waals surface area contributed by atoms with Gasteiger partial charge >= 0.3 is 0 Å². The van der Waals surface area contributed by atoms with Crippen LogP contribution in [0.5, 0.6) is 0 Å². The summed E-state index contributed by atoms with van der Waals surface area (Å²) in [6, 6.07) is 0. The zero-order valence-electron chi connectivity index (χ0n) is 10.4. The molecule has 0 bridgehead atoms. The average Bonchev–Trinajstić information content (AvgIpc) is 2.32. The lowest BCUT2D eigenvalue weighted by molar-refractivity contribution is 0.663. The lowest BCUT2D eigenvalue weighted by Gasteiger charge is -2.13. The Hall–Kier alpha value is -0.870. The van der Waals surface area contributed by atoms with Gasteiger partial charge in [0.2, 0.25) is 0 Å². The van der Waals surface area contributed by atoms with Crippen LogP contribution in [0.25, 0.3) is 0 Å². The third-order valence-corrected chi connectivity index (χ3v) is 3.52. The van der Waals surface area contributed by atoms with Crippen LogP contribution in [0.2, 0.25) is 5.15 Å². The van der Waals surface area contributed by atoms with Crippen LogP contribution in [0.3, 0.4) is 0 Å². The van der Waals surface area contributed by atoms with Gasteiger partial charge in [0.05, 0.1) is 5.56 Å². The summed E-state index contributed by atoms with van der Waals surface area (Å²) >= 11 is 11.5. The van der Waals surface area contributed by atoms with Gasteiger partial charge in [-0.25, -0.2) is 0 Å². The monoisotopic (exact) mass is 272 g/mol. The highest BCUT2D eigenvalue weighted by atomic mass is 35.5.